The van der Waals surface area contributed by atoms with Gasteiger partial charge in [-0.25, -0.2) is 4.79 Å². The Bertz CT molecular complexity index is 369. The fraction of sp³-hybridized carbons (Fsp3) is 0.615. The van der Waals surface area contributed by atoms with Crippen LogP contribution in [0, 0.1) is 5.92 Å². The van der Waals surface area contributed by atoms with Crippen molar-refractivity contribution in [1.82, 2.24) is 4.57 Å². The Morgan fingerprint density at radius 1 is 1.53 bits per heavy atom. The van der Waals surface area contributed by atoms with Crippen molar-refractivity contribution in [3.05, 3.63) is 18.0 Å². The predicted molar refractivity (Wildman–Crippen MR) is 68.9 cm³/mol. The van der Waals surface area contributed by atoms with E-state index in [4.69, 9.17) is 10.5 Å². The molecule has 0 aromatic carbocycles. The van der Waals surface area contributed by atoms with Gasteiger partial charge in [-0.1, -0.05) is 20.8 Å². The Morgan fingerprint density at radius 3 is 2.82 bits per heavy atom. The molecule has 1 heterocycles. The van der Waals surface area contributed by atoms with Gasteiger partial charge in [0, 0.05) is 12.7 Å². The standard InChI is InChI=1S/C13H22N2O2/c1-4-6-15-9-11(14)8-12(15)13(16)17-7-5-10(2)3/h8-10H,4-7,14H2,1-3H3. The van der Waals surface area contributed by atoms with E-state index in [9.17, 15) is 4.79 Å². The minimum atomic E-state index is -0.282. The van der Waals surface area contributed by atoms with Gasteiger partial charge in [-0.3, -0.25) is 0 Å². The third-order valence-electron chi connectivity index (χ3n) is 2.52. The number of aryl methyl sites for hydroxylation is 1. The molecule has 0 radical (unpaired) electrons. The molecule has 0 saturated heterocycles. The predicted octanol–water partition coefficient (Wildman–Crippen LogP) is 2.68. The first-order valence-corrected chi connectivity index (χ1v) is 6.17. The van der Waals surface area contributed by atoms with Crippen LogP contribution in [0.1, 0.15) is 44.1 Å². The van der Waals surface area contributed by atoms with E-state index >= 15 is 0 Å². The molecule has 0 saturated carbocycles. The van der Waals surface area contributed by atoms with Crippen LogP contribution in [0.25, 0.3) is 0 Å². The first-order chi connectivity index (χ1) is 8.04. The number of esters is 1. The zero-order chi connectivity index (χ0) is 12.8. The molecule has 2 N–H and O–H groups in total. The van der Waals surface area contributed by atoms with Gasteiger partial charge >= 0.3 is 5.97 Å². The van der Waals surface area contributed by atoms with Crippen LogP contribution in [-0.2, 0) is 11.3 Å². The highest BCUT2D eigenvalue weighted by molar-refractivity contribution is 5.89. The highest BCUT2D eigenvalue weighted by atomic mass is 16.5. The van der Waals surface area contributed by atoms with E-state index in [0.29, 0.717) is 23.9 Å². The molecule has 0 atom stereocenters. The molecule has 0 aliphatic heterocycles. The number of hydrogen-bond acceptors (Lipinski definition) is 3. The molecule has 1 rings (SSSR count). The van der Waals surface area contributed by atoms with Crippen molar-refractivity contribution in [2.75, 3.05) is 12.3 Å². The van der Waals surface area contributed by atoms with Crippen LogP contribution in [0.3, 0.4) is 0 Å². The smallest absolute Gasteiger partial charge is 0.355 e. The fourth-order valence-corrected chi connectivity index (χ4v) is 1.59. The van der Waals surface area contributed by atoms with Crippen LogP contribution in [0.2, 0.25) is 0 Å². The number of aromatic nitrogens is 1. The van der Waals surface area contributed by atoms with Crippen molar-refractivity contribution in [2.24, 2.45) is 5.92 Å². The van der Waals surface area contributed by atoms with E-state index in [-0.39, 0.29) is 5.97 Å². The molecule has 0 amide bonds. The summed E-state index contributed by atoms with van der Waals surface area (Å²) in [5.74, 6) is 0.256. The van der Waals surface area contributed by atoms with Crippen molar-refractivity contribution in [2.45, 2.75) is 40.2 Å². The second kappa shape index (κ2) is 6.33. The lowest BCUT2D eigenvalue weighted by Gasteiger charge is -2.09. The first kappa shape index (κ1) is 13.6. The first-order valence-electron chi connectivity index (χ1n) is 6.17. The molecule has 1 aromatic rings. The topological polar surface area (TPSA) is 57.2 Å². The molecule has 0 aliphatic carbocycles. The maximum absolute atomic E-state index is 11.8. The normalized spacial score (nSPS) is 10.8. The number of nitrogen functional groups attached to an aromatic ring is 1. The van der Waals surface area contributed by atoms with Crippen LogP contribution in [-0.4, -0.2) is 17.1 Å². The SMILES string of the molecule is CCCn1cc(N)cc1C(=O)OCCC(C)C. The molecule has 0 aliphatic rings. The number of anilines is 1. The maximum Gasteiger partial charge on any atom is 0.355 e. The van der Waals surface area contributed by atoms with Gasteiger partial charge in [0.1, 0.15) is 5.69 Å². The van der Waals surface area contributed by atoms with Gasteiger partial charge in [0.25, 0.3) is 0 Å². The second-order valence-corrected chi connectivity index (χ2v) is 4.67. The molecule has 4 nitrogen and oxygen atoms in total. The van der Waals surface area contributed by atoms with E-state index in [1.807, 2.05) is 4.57 Å². The lowest BCUT2D eigenvalue weighted by atomic mass is 10.1. The minimum absolute atomic E-state index is 0.282. The average Bonchev–Trinajstić information content (AvgIpc) is 2.59. The monoisotopic (exact) mass is 238 g/mol. The van der Waals surface area contributed by atoms with Crippen LogP contribution >= 0.6 is 0 Å². The summed E-state index contributed by atoms with van der Waals surface area (Å²) >= 11 is 0. The van der Waals surface area contributed by atoms with Crippen LogP contribution in [0.5, 0.6) is 0 Å². The number of nitrogens with two attached hydrogens (primary N) is 1. The van der Waals surface area contributed by atoms with Gasteiger partial charge < -0.3 is 15.0 Å². The summed E-state index contributed by atoms with van der Waals surface area (Å²) < 4.78 is 7.08. The number of carbonyl (C=O) groups excluding carboxylic acids is 1. The Hall–Kier alpha value is -1.45. The number of carbonyl (C=O) groups is 1. The molecular formula is C13H22N2O2. The highest BCUT2D eigenvalue weighted by Gasteiger charge is 2.13. The number of hydrogen-bond donors (Lipinski definition) is 1. The summed E-state index contributed by atoms with van der Waals surface area (Å²) in [7, 11) is 0. The number of rotatable bonds is 6. The summed E-state index contributed by atoms with van der Waals surface area (Å²) in [6.45, 7) is 7.51. The van der Waals surface area contributed by atoms with Gasteiger partial charge in [-0.05, 0) is 24.8 Å². The van der Waals surface area contributed by atoms with Crippen LogP contribution < -0.4 is 5.73 Å². The molecule has 0 unspecified atom stereocenters. The largest absolute Gasteiger partial charge is 0.461 e. The Labute approximate surface area is 103 Å². The molecule has 0 spiro atoms. The lowest BCUT2D eigenvalue weighted by molar-refractivity contribution is 0.0475. The van der Waals surface area contributed by atoms with Gasteiger partial charge in [-0.15, -0.1) is 0 Å². The Morgan fingerprint density at radius 2 is 2.24 bits per heavy atom. The molecule has 4 heteroatoms. The van der Waals surface area contributed by atoms with Crippen molar-refractivity contribution in [1.29, 1.82) is 0 Å². The molecule has 17 heavy (non-hydrogen) atoms. The Balaban J connectivity index is 2.61. The summed E-state index contributed by atoms with van der Waals surface area (Å²) in [5, 5.41) is 0. The molecule has 96 valence electrons. The summed E-state index contributed by atoms with van der Waals surface area (Å²) in [6, 6.07) is 1.67. The van der Waals surface area contributed by atoms with E-state index in [1.54, 1.807) is 12.3 Å². The Kier molecular flexibility index (Phi) is 5.07. The van der Waals surface area contributed by atoms with Crippen molar-refractivity contribution >= 4 is 11.7 Å². The number of nitrogens with zero attached hydrogens (tertiary/aromatic N) is 1. The van der Waals surface area contributed by atoms with Gasteiger partial charge in [0.15, 0.2) is 0 Å². The molecule has 0 bridgehead atoms. The summed E-state index contributed by atoms with van der Waals surface area (Å²) in [6.07, 6.45) is 3.62. The third kappa shape index (κ3) is 4.13. The molecule has 0 fully saturated rings. The van der Waals surface area contributed by atoms with E-state index < -0.39 is 0 Å². The maximum atomic E-state index is 11.8. The van der Waals surface area contributed by atoms with E-state index in [0.717, 1.165) is 19.4 Å². The average molecular weight is 238 g/mol. The number of ether oxygens (including phenoxy) is 1. The van der Waals surface area contributed by atoms with Gasteiger partial charge in [0.05, 0.1) is 12.3 Å². The minimum Gasteiger partial charge on any atom is -0.461 e. The zero-order valence-corrected chi connectivity index (χ0v) is 10.9. The van der Waals surface area contributed by atoms with Crippen LogP contribution in [0.15, 0.2) is 12.3 Å². The second-order valence-electron chi connectivity index (χ2n) is 4.67. The van der Waals surface area contributed by atoms with E-state index in [1.165, 1.54) is 0 Å². The molecular weight excluding hydrogens is 216 g/mol. The third-order valence-corrected chi connectivity index (χ3v) is 2.52. The van der Waals surface area contributed by atoms with Gasteiger partial charge in [0.2, 0.25) is 0 Å². The highest BCUT2D eigenvalue weighted by Crippen LogP contribution is 2.13. The van der Waals surface area contributed by atoms with Crippen molar-refractivity contribution < 1.29 is 9.53 Å². The zero-order valence-electron chi connectivity index (χ0n) is 10.9. The van der Waals surface area contributed by atoms with Gasteiger partial charge in [-0.2, -0.15) is 0 Å². The van der Waals surface area contributed by atoms with Crippen molar-refractivity contribution in [3.8, 4) is 0 Å². The van der Waals surface area contributed by atoms with Crippen molar-refractivity contribution in [3.63, 3.8) is 0 Å². The lowest BCUT2D eigenvalue weighted by Crippen LogP contribution is -2.13. The summed E-state index contributed by atoms with van der Waals surface area (Å²) in [4.78, 5) is 11.8. The van der Waals surface area contributed by atoms with Crippen LogP contribution in [0.4, 0.5) is 5.69 Å². The quantitative estimate of drug-likeness (QED) is 0.775. The fourth-order valence-electron chi connectivity index (χ4n) is 1.59. The summed E-state index contributed by atoms with van der Waals surface area (Å²) in [5.41, 5.74) is 6.85. The van der Waals surface area contributed by atoms with E-state index in [2.05, 4.69) is 20.8 Å². The molecule has 1 aromatic heterocycles.